The maximum absolute atomic E-state index is 13.9. The van der Waals surface area contributed by atoms with Crippen LogP contribution in [0.3, 0.4) is 0 Å². The van der Waals surface area contributed by atoms with Crippen LogP contribution in [0.15, 0.2) is 82.1 Å². The topological polar surface area (TPSA) is 67.8 Å². The highest BCUT2D eigenvalue weighted by atomic mass is 32.2. The molecule has 1 heterocycles. The summed E-state index contributed by atoms with van der Waals surface area (Å²) in [5, 5.41) is 13.6. The van der Waals surface area contributed by atoms with Gasteiger partial charge in [-0.1, -0.05) is 42.5 Å². The molecule has 1 aliphatic carbocycles. The van der Waals surface area contributed by atoms with Crippen molar-refractivity contribution in [1.82, 2.24) is 4.72 Å². The average molecular weight is 460 g/mol. The second-order valence-electron chi connectivity index (χ2n) is 8.25. The monoisotopic (exact) mass is 459 g/mol. The van der Waals surface area contributed by atoms with Gasteiger partial charge < -0.3 is 14.6 Å². The third-order valence-corrected chi connectivity index (χ3v) is 9.01. The Hall–Kier alpha value is -1.61. The number of hydrogen-bond acceptors (Lipinski definition) is 5. The fourth-order valence-electron chi connectivity index (χ4n) is 4.09. The first-order valence-electron chi connectivity index (χ1n) is 10.3. The first-order chi connectivity index (χ1) is 14.7. The lowest BCUT2D eigenvalue weighted by Crippen LogP contribution is -2.45. The number of thioether (sulfide) groups is 1. The van der Waals surface area contributed by atoms with E-state index < -0.39 is 21.1 Å². The summed E-state index contributed by atoms with van der Waals surface area (Å²) in [5.41, 5.74) is -0.745. The maximum atomic E-state index is 13.9. The van der Waals surface area contributed by atoms with E-state index in [1.165, 1.54) is 11.8 Å². The molecule has 0 bridgehead atoms. The van der Waals surface area contributed by atoms with E-state index in [9.17, 15) is 9.32 Å². The molecule has 0 amide bonds. The van der Waals surface area contributed by atoms with E-state index >= 15 is 0 Å². The van der Waals surface area contributed by atoms with Gasteiger partial charge in [-0.05, 0) is 57.2 Å². The standard InChI is InChI=1S/C24H29NO4S2/c1-23(2)28-21-15-14-20(22(21)29-23)24(26,16-30-18-10-6-4-7-11-18)17-31(27,25-3)19-12-8-5-9-13-19/h4-14,17,21-22,26H,15-16H2,1-3H3,(H,25,27). The Balaban J connectivity index is 1.75. The van der Waals surface area contributed by atoms with Crippen molar-refractivity contribution >= 4 is 26.8 Å². The molecule has 0 saturated carbocycles. The molecule has 4 atom stereocenters. The average Bonchev–Trinajstić information content (AvgIpc) is 3.29. The zero-order chi connectivity index (χ0) is 22.1. The number of nitrogens with one attached hydrogen (secondary N) is 1. The van der Waals surface area contributed by atoms with Crippen molar-refractivity contribution < 1.29 is 18.8 Å². The van der Waals surface area contributed by atoms with Crippen LogP contribution in [0.2, 0.25) is 0 Å². The van der Waals surface area contributed by atoms with Crippen LogP contribution >= 0.6 is 11.8 Å². The van der Waals surface area contributed by atoms with Crippen LogP contribution in [0.25, 0.3) is 0 Å². The number of hydrogen-bond donors (Lipinski definition) is 2. The molecule has 2 aliphatic rings. The summed E-state index contributed by atoms with van der Waals surface area (Å²) >= 11 is 1.52. The molecule has 5 nitrogen and oxygen atoms in total. The summed E-state index contributed by atoms with van der Waals surface area (Å²) in [7, 11) is -1.18. The summed E-state index contributed by atoms with van der Waals surface area (Å²) in [6.07, 6.45) is 2.12. The smallest absolute Gasteiger partial charge is 0.164 e. The fourth-order valence-corrected chi connectivity index (χ4v) is 7.00. The van der Waals surface area contributed by atoms with Crippen molar-refractivity contribution in [3.63, 3.8) is 0 Å². The van der Waals surface area contributed by atoms with Crippen molar-refractivity contribution in [2.75, 3.05) is 12.8 Å². The van der Waals surface area contributed by atoms with Gasteiger partial charge in [-0.25, -0.2) is 8.93 Å². The number of aliphatic hydroxyl groups is 1. The molecule has 31 heavy (non-hydrogen) atoms. The maximum Gasteiger partial charge on any atom is 0.164 e. The largest absolute Gasteiger partial charge is 0.380 e. The molecule has 1 fully saturated rings. The molecule has 4 unspecified atom stereocenters. The minimum atomic E-state index is -2.84. The van der Waals surface area contributed by atoms with Crippen LogP contribution in [0.5, 0.6) is 0 Å². The van der Waals surface area contributed by atoms with Crippen molar-refractivity contribution in [3.8, 4) is 0 Å². The Bertz CT molecular complexity index is 1060. The van der Waals surface area contributed by atoms with Gasteiger partial charge in [-0.15, -0.1) is 11.8 Å². The summed E-state index contributed by atoms with van der Waals surface area (Å²) in [6.45, 7) is 3.76. The lowest BCUT2D eigenvalue weighted by molar-refractivity contribution is -0.145. The molecule has 0 radical (unpaired) electrons. The van der Waals surface area contributed by atoms with E-state index in [1.807, 2.05) is 80.6 Å². The molecule has 1 aliphatic heterocycles. The molecule has 2 aromatic rings. The highest BCUT2D eigenvalue weighted by molar-refractivity contribution is 8.00. The van der Waals surface area contributed by atoms with Gasteiger partial charge in [0, 0.05) is 20.9 Å². The lowest BCUT2D eigenvalue weighted by Gasteiger charge is -2.31. The molecular formula is C24H29NO4S2. The van der Waals surface area contributed by atoms with Crippen LogP contribution in [0.1, 0.15) is 20.3 Å². The normalized spacial score (nSPS) is 25.9. The van der Waals surface area contributed by atoms with Crippen LogP contribution in [-0.4, -0.2) is 51.1 Å². The summed E-state index contributed by atoms with van der Waals surface area (Å²) in [6, 6.07) is 19.1. The quantitative estimate of drug-likeness (QED) is 0.376. The van der Waals surface area contributed by atoms with Crippen molar-refractivity contribution in [2.24, 2.45) is 0 Å². The van der Waals surface area contributed by atoms with Crippen LogP contribution in [0, 0.1) is 0 Å². The van der Waals surface area contributed by atoms with E-state index in [4.69, 9.17) is 9.47 Å². The summed E-state index contributed by atoms with van der Waals surface area (Å²) in [5.74, 6) is -0.409. The molecular weight excluding hydrogens is 430 g/mol. The van der Waals surface area contributed by atoms with Crippen molar-refractivity contribution in [2.45, 2.75) is 53.7 Å². The molecule has 2 aromatic carbocycles. The third kappa shape index (κ3) is 4.77. The second kappa shape index (κ2) is 8.73. The zero-order valence-corrected chi connectivity index (χ0v) is 19.6. The van der Waals surface area contributed by atoms with Crippen LogP contribution < -0.4 is 4.72 Å². The Morgan fingerprint density at radius 2 is 1.81 bits per heavy atom. The molecule has 7 heteroatoms. The van der Waals surface area contributed by atoms with Gasteiger partial charge in [0.25, 0.3) is 0 Å². The molecule has 2 N–H and O–H groups in total. The first-order valence-corrected chi connectivity index (χ1v) is 13.0. The summed E-state index contributed by atoms with van der Waals surface area (Å²) in [4.78, 5) is 1.66. The highest BCUT2D eigenvalue weighted by Crippen LogP contribution is 2.43. The SMILES string of the molecule is CNS(=O)(=CC(O)(CSc1ccccc1)C1=CCC2OC(C)(C)OC12)c1ccccc1. The van der Waals surface area contributed by atoms with E-state index in [0.717, 1.165) is 4.90 Å². The van der Waals surface area contributed by atoms with Gasteiger partial charge in [0.15, 0.2) is 5.79 Å². The number of rotatable bonds is 7. The number of fused-ring (bicyclic) bond motifs is 1. The minimum Gasteiger partial charge on any atom is -0.380 e. The van der Waals surface area contributed by atoms with E-state index in [0.29, 0.717) is 22.6 Å². The van der Waals surface area contributed by atoms with Crippen LogP contribution in [-0.2, 0) is 19.2 Å². The Morgan fingerprint density at radius 1 is 1.16 bits per heavy atom. The molecule has 4 rings (SSSR count). The van der Waals surface area contributed by atoms with E-state index in [-0.39, 0.29) is 12.2 Å². The first kappa shape index (κ1) is 22.6. The third-order valence-electron chi connectivity index (χ3n) is 5.52. The molecule has 0 aromatic heterocycles. The molecule has 0 spiro atoms. The number of ether oxygens (including phenoxy) is 2. The fraction of sp³-hybridized carbons (Fsp3) is 0.375. The predicted octanol–water partition coefficient (Wildman–Crippen LogP) is 3.64. The zero-order valence-electron chi connectivity index (χ0n) is 18.0. The van der Waals surface area contributed by atoms with E-state index in [1.54, 1.807) is 12.4 Å². The van der Waals surface area contributed by atoms with Gasteiger partial charge in [-0.3, -0.25) is 0 Å². The predicted molar refractivity (Wildman–Crippen MR) is 127 cm³/mol. The van der Waals surface area contributed by atoms with Gasteiger partial charge in [0.2, 0.25) is 0 Å². The molecule has 166 valence electrons. The Labute approximate surface area is 189 Å². The van der Waals surface area contributed by atoms with Gasteiger partial charge in [0.1, 0.15) is 11.7 Å². The summed E-state index contributed by atoms with van der Waals surface area (Å²) < 4.78 is 29.0. The molecule has 1 saturated heterocycles. The van der Waals surface area contributed by atoms with Gasteiger partial charge in [-0.2, -0.15) is 0 Å². The minimum absolute atomic E-state index is 0.144. The van der Waals surface area contributed by atoms with Crippen LogP contribution in [0.4, 0.5) is 0 Å². The number of benzene rings is 2. The lowest BCUT2D eigenvalue weighted by atomic mass is 9.95. The van der Waals surface area contributed by atoms with Gasteiger partial charge >= 0.3 is 0 Å². The highest BCUT2D eigenvalue weighted by Gasteiger charge is 2.51. The Morgan fingerprint density at radius 3 is 2.45 bits per heavy atom. The second-order valence-corrected chi connectivity index (χ2v) is 11.6. The van der Waals surface area contributed by atoms with Crippen molar-refractivity contribution in [1.29, 1.82) is 0 Å². The Kier molecular flexibility index (Phi) is 6.36. The van der Waals surface area contributed by atoms with Crippen molar-refractivity contribution in [3.05, 3.63) is 72.3 Å². The van der Waals surface area contributed by atoms with Gasteiger partial charge in [0.05, 0.1) is 15.8 Å². The van der Waals surface area contributed by atoms with E-state index in [2.05, 4.69) is 4.72 Å².